The number of fused-ring (bicyclic) bond motifs is 1. The number of nitrogens with one attached hydrogen (secondary N) is 1. The zero-order valence-electron chi connectivity index (χ0n) is 9.27. The molecule has 0 bridgehead atoms. The molecule has 0 saturated carbocycles. The molecule has 0 aliphatic carbocycles. The Morgan fingerprint density at radius 1 is 1.38 bits per heavy atom. The van der Waals surface area contributed by atoms with E-state index in [4.69, 9.17) is 12.2 Å². The molecule has 0 amide bonds. The van der Waals surface area contributed by atoms with Crippen LogP contribution < -0.4 is 0 Å². The number of hydrogen-bond donors (Lipinski definition) is 1. The monoisotopic (exact) mass is 302 g/mol. The van der Waals surface area contributed by atoms with Gasteiger partial charge in [0.1, 0.15) is 5.82 Å². The number of hydrogen-bond acceptors (Lipinski definition) is 1. The molecular weight excluding hydrogens is 291 g/mol. The first-order valence-electron chi connectivity index (χ1n) is 4.91. The summed E-state index contributed by atoms with van der Waals surface area (Å²) in [6, 6.07) is 3.21. The van der Waals surface area contributed by atoms with Crippen molar-refractivity contribution in [3.8, 4) is 0 Å². The molecule has 1 heterocycles. The number of halogens is 2. The maximum atomic E-state index is 13.4. The third-order valence-corrected chi connectivity index (χ3v) is 3.29. The van der Waals surface area contributed by atoms with Gasteiger partial charge in [-0.1, -0.05) is 0 Å². The Hall–Kier alpha value is -0.680. The molecule has 1 aromatic heterocycles. The number of aromatic amines is 1. The predicted molar refractivity (Wildman–Crippen MR) is 69.8 cm³/mol. The molecule has 0 spiro atoms. The van der Waals surface area contributed by atoms with Gasteiger partial charge in [-0.25, -0.2) is 4.39 Å². The Morgan fingerprint density at radius 2 is 2.00 bits per heavy atom. The van der Waals surface area contributed by atoms with Crippen molar-refractivity contribution in [1.82, 2.24) is 9.55 Å². The molecule has 2 nitrogen and oxygen atoms in total. The third-order valence-electron chi connectivity index (χ3n) is 2.40. The van der Waals surface area contributed by atoms with Crippen LogP contribution in [0, 0.1) is 10.6 Å². The second kappa shape index (κ2) is 3.67. The Morgan fingerprint density at radius 3 is 2.56 bits per heavy atom. The number of imidazole rings is 1. The first-order chi connectivity index (χ1) is 7.30. The Bertz CT molecular complexity index is 607. The average molecular weight is 303 g/mol. The van der Waals surface area contributed by atoms with Gasteiger partial charge < -0.3 is 9.55 Å². The molecular formula is C11H12BrFN2S. The Labute approximate surface area is 107 Å². The second-order valence-electron chi connectivity index (χ2n) is 4.72. The number of nitrogens with zero attached hydrogens (tertiary/aromatic N) is 1. The van der Waals surface area contributed by atoms with Gasteiger partial charge in [-0.05, 0) is 55.0 Å². The first-order valence-corrected chi connectivity index (χ1v) is 6.11. The molecule has 86 valence electrons. The number of rotatable bonds is 0. The van der Waals surface area contributed by atoms with Crippen LogP contribution in [-0.4, -0.2) is 9.55 Å². The van der Waals surface area contributed by atoms with Crippen molar-refractivity contribution in [3.63, 3.8) is 0 Å². The van der Waals surface area contributed by atoms with Crippen LogP contribution in [-0.2, 0) is 5.54 Å². The van der Waals surface area contributed by atoms with Gasteiger partial charge in [-0.3, -0.25) is 0 Å². The molecule has 5 heteroatoms. The summed E-state index contributed by atoms with van der Waals surface area (Å²) in [6.45, 7) is 6.19. The molecule has 2 rings (SSSR count). The van der Waals surface area contributed by atoms with E-state index in [-0.39, 0.29) is 11.4 Å². The molecule has 0 fully saturated rings. The highest BCUT2D eigenvalue weighted by Crippen LogP contribution is 2.27. The third kappa shape index (κ3) is 1.82. The summed E-state index contributed by atoms with van der Waals surface area (Å²) < 4.78 is 16.4. The number of benzene rings is 1. The van der Waals surface area contributed by atoms with Crippen LogP contribution in [0.3, 0.4) is 0 Å². The minimum Gasteiger partial charge on any atom is -0.330 e. The van der Waals surface area contributed by atoms with Crippen LogP contribution in [0.5, 0.6) is 0 Å². The zero-order chi connectivity index (χ0) is 12.1. The number of H-pyrrole nitrogens is 1. The van der Waals surface area contributed by atoms with E-state index < -0.39 is 0 Å². The summed E-state index contributed by atoms with van der Waals surface area (Å²) in [4.78, 5) is 3.02. The van der Waals surface area contributed by atoms with Crippen LogP contribution in [0.15, 0.2) is 16.6 Å². The van der Waals surface area contributed by atoms with Crippen LogP contribution in [0.25, 0.3) is 11.0 Å². The van der Waals surface area contributed by atoms with Gasteiger partial charge in [-0.15, -0.1) is 0 Å². The van der Waals surface area contributed by atoms with Crippen molar-refractivity contribution in [3.05, 3.63) is 27.2 Å². The minimum atomic E-state index is -0.287. The molecule has 1 N–H and O–H groups in total. The van der Waals surface area contributed by atoms with Crippen molar-refractivity contribution in [1.29, 1.82) is 0 Å². The molecule has 0 atom stereocenters. The van der Waals surface area contributed by atoms with Gasteiger partial charge in [0.15, 0.2) is 4.77 Å². The SMILES string of the molecule is CC(C)(C)n1c(=S)[nH]c2cc(F)c(Br)cc21. The van der Waals surface area contributed by atoms with Crippen molar-refractivity contribution >= 4 is 39.2 Å². The van der Waals surface area contributed by atoms with E-state index in [9.17, 15) is 4.39 Å². The molecule has 0 saturated heterocycles. The minimum absolute atomic E-state index is 0.132. The zero-order valence-corrected chi connectivity index (χ0v) is 11.7. The molecule has 1 aromatic carbocycles. The topological polar surface area (TPSA) is 20.7 Å². The van der Waals surface area contributed by atoms with E-state index in [0.29, 0.717) is 9.24 Å². The molecule has 2 aromatic rings. The predicted octanol–water partition coefficient (Wildman–Crippen LogP) is 4.36. The highest BCUT2D eigenvalue weighted by atomic mass is 79.9. The van der Waals surface area contributed by atoms with Crippen molar-refractivity contribution < 1.29 is 4.39 Å². The van der Waals surface area contributed by atoms with E-state index in [1.807, 2.05) is 4.57 Å². The summed E-state index contributed by atoms with van der Waals surface area (Å²) in [7, 11) is 0. The number of aromatic nitrogens is 2. The standard InChI is InChI=1S/C11H12BrFN2S/c1-11(2,3)15-9-4-6(12)7(13)5-8(9)14-10(15)16/h4-5H,1-3H3,(H,14,16). The van der Waals surface area contributed by atoms with Gasteiger partial charge in [0.05, 0.1) is 15.5 Å². The van der Waals surface area contributed by atoms with E-state index >= 15 is 0 Å². The lowest BCUT2D eigenvalue weighted by molar-refractivity contribution is 0.404. The van der Waals surface area contributed by atoms with E-state index in [0.717, 1.165) is 11.0 Å². The fraction of sp³-hybridized carbons (Fsp3) is 0.364. The van der Waals surface area contributed by atoms with E-state index in [1.165, 1.54) is 6.07 Å². The van der Waals surface area contributed by atoms with Crippen LogP contribution in [0.4, 0.5) is 4.39 Å². The second-order valence-corrected chi connectivity index (χ2v) is 5.96. The fourth-order valence-electron chi connectivity index (χ4n) is 1.77. The summed E-state index contributed by atoms with van der Waals surface area (Å²) in [5, 5.41) is 0. The summed E-state index contributed by atoms with van der Waals surface area (Å²) >= 11 is 8.45. The molecule has 0 aliphatic heterocycles. The van der Waals surface area contributed by atoms with Crippen LogP contribution >= 0.6 is 28.1 Å². The highest BCUT2D eigenvalue weighted by molar-refractivity contribution is 9.10. The molecule has 0 unspecified atom stereocenters. The van der Waals surface area contributed by atoms with E-state index in [1.54, 1.807) is 6.07 Å². The fourth-order valence-corrected chi connectivity index (χ4v) is 2.58. The highest BCUT2D eigenvalue weighted by Gasteiger charge is 2.18. The van der Waals surface area contributed by atoms with Gasteiger partial charge in [0.2, 0.25) is 0 Å². The smallest absolute Gasteiger partial charge is 0.178 e. The quantitative estimate of drug-likeness (QED) is 0.717. The van der Waals surface area contributed by atoms with Crippen molar-refractivity contribution in [2.24, 2.45) is 0 Å². The van der Waals surface area contributed by atoms with Gasteiger partial charge in [0, 0.05) is 11.6 Å². The first kappa shape index (κ1) is 11.8. The Kier molecular flexibility index (Phi) is 2.70. The largest absolute Gasteiger partial charge is 0.330 e. The molecule has 0 aliphatic rings. The lowest BCUT2D eigenvalue weighted by atomic mass is 10.1. The summed E-state index contributed by atoms with van der Waals surface area (Å²) in [5.74, 6) is -0.287. The summed E-state index contributed by atoms with van der Waals surface area (Å²) in [5.41, 5.74) is 1.50. The van der Waals surface area contributed by atoms with Crippen molar-refractivity contribution in [2.45, 2.75) is 26.3 Å². The normalized spacial score (nSPS) is 12.3. The van der Waals surface area contributed by atoms with Gasteiger partial charge in [0.25, 0.3) is 0 Å². The lowest BCUT2D eigenvalue weighted by Gasteiger charge is -2.21. The van der Waals surface area contributed by atoms with Gasteiger partial charge in [-0.2, -0.15) is 0 Å². The maximum absolute atomic E-state index is 13.4. The van der Waals surface area contributed by atoms with E-state index in [2.05, 4.69) is 41.7 Å². The average Bonchev–Trinajstić information content (AvgIpc) is 2.40. The summed E-state index contributed by atoms with van der Waals surface area (Å²) in [6.07, 6.45) is 0. The van der Waals surface area contributed by atoms with Gasteiger partial charge >= 0.3 is 0 Å². The lowest BCUT2D eigenvalue weighted by Crippen LogP contribution is -2.21. The molecule has 0 radical (unpaired) electrons. The maximum Gasteiger partial charge on any atom is 0.178 e. The Balaban J connectivity index is 2.90. The van der Waals surface area contributed by atoms with Crippen LogP contribution in [0.2, 0.25) is 0 Å². The molecule has 16 heavy (non-hydrogen) atoms. The van der Waals surface area contributed by atoms with Crippen molar-refractivity contribution in [2.75, 3.05) is 0 Å². The van der Waals surface area contributed by atoms with Crippen LogP contribution in [0.1, 0.15) is 20.8 Å².